The normalized spacial score (nSPS) is 20.7. The number of nitrogens with zero attached hydrogens (tertiary/aromatic N) is 1. The standard InChI is InChI=1S/C14H29N3O2/c1-4-17(5-2)9-8-15-12(3)14(18)16-11-13-7-6-10-19-13/h12-13,15H,4-11H2,1-3H3,(H,16,18)/t12-,13-/m0/s1. The molecule has 0 bridgehead atoms. The summed E-state index contributed by atoms with van der Waals surface area (Å²) >= 11 is 0. The van der Waals surface area contributed by atoms with Crippen LogP contribution in [0.15, 0.2) is 0 Å². The summed E-state index contributed by atoms with van der Waals surface area (Å²) in [5, 5.41) is 6.21. The van der Waals surface area contributed by atoms with Crippen molar-refractivity contribution in [3.63, 3.8) is 0 Å². The van der Waals surface area contributed by atoms with Crippen LogP contribution in [0.3, 0.4) is 0 Å². The minimum Gasteiger partial charge on any atom is -0.376 e. The molecule has 0 aliphatic carbocycles. The zero-order valence-corrected chi connectivity index (χ0v) is 12.6. The highest BCUT2D eigenvalue weighted by molar-refractivity contribution is 5.81. The molecule has 0 aromatic rings. The molecular weight excluding hydrogens is 242 g/mol. The molecule has 2 atom stereocenters. The first-order chi connectivity index (χ1) is 9.17. The number of hydrogen-bond acceptors (Lipinski definition) is 4. The Morgan fingerprint density at radius 1 is 1.42 bits per heavy atom. The second-order valence-corrected chi connectivity index (χ2v) is 5.08. The Morgan fingerprint density at radius 2 is 2.16 bits per heavy atom. The summed E-state index contributed by atoms with van der Waals surface area (Å²) in [6.07, 6.45) is 2.38. The third-order valence-electron chi connectivity index (χ3n) is 3.69. The van der Waals surface area contributed by atoms with Crippen LogP contribution in [0.4, 0.5) is 0 Å². The van der Waals surface area contributed by atoms with Gasteiger partial charge in [-0.3, -0.25) is 4.79 Å². The minimum atomic E-state index is -0.142. The second-order valence-electron chi connectivity index (χ2n) is 5.08. The van der Waals surface area contributed by atoms with Gasteiger partial charge in [0.15, 0.2) is 0 Å². The van der Waals surface area contributed by atoms with Crippen molar-refractivity contribution in [2.45, 2.75) is 45.8 Å². The van der Waals surface area contributed by atoms with E-state index in [0.29, 0.717) is 6.54 Å². The Labute approximate surface area is 117 Å². The molecule has 1 amide bonds. The first-order valence-corrected chi connectivity index (χ1v) is 7.52. The predicted octanol–water partition coefficient (Wildman–Crippen LogP) is 0.602. The zero-order chi connectivity index (χ0) is 14.1. The molecule has 0 spiro atoms. The van der Waals surface area contributed by atoms with E-state index >= 15 is 0 Å². The quantitative estimate of drug-likeness (QED) is 0.645. The third-order valence-corrected chi connectivity index (χ3v) is 3.69. The molecular formula is C14H29N3O2. The SMILES string of the molecule is CCN(CC)CCN[C@@H](C)C(=O)NC[C@@H]1CCCO1. The van der Waals surface area contributed by atoms with Gasteiger partial charge in [0.25, 0.3) is 0 Å². The van der Waals surface area contributed by atoms with Gasteiger partial charge >= 0.3 is 0 Å². The summed E-state index contributed by atoms with van der Waals surface area (Å²) < 4.78 is 5.48. The number of rotatable bonds is 9. The van der Waals surface area contributed by atoms with Crippen LogP contribution in [-0.2, 0) is 9.53 Å². The number of amides is 1. The van der Waals surface area contributed by atoms with Crippen molar-refractivity contribution < 1.29 is 9.53 Å². The van der Waals surface area contributed by atoms with E-state index in [-0.39, 0.29) is 18.1 Å². The molecule has 5 nitrogen and oxygen atoms in total. The number of ether oxygens (including phenoxy) is 1. The number of carbonyl (C=O) groups is 1. The molecule has 1 aliphatic heterocycles. The number of carbonyl (C=O) groups excluding carboxylic acids is 1. The maximum absolute atomic E-state index is 11.9. The molecule has 0 radical (unpaired) electrons. The Kier molecular flexibility index (Phi) is 8.02. The molecule has 1 saturated heterocycles. The van der Waals surface area contributed by atoms with Crippen LogP contribution in [-0.4, -0.2) is 62.3 Å². The van der Waals surface area contributed by atoms with E-state index in [1.807, 2.05) is 6.92 Å². The maximum Gasteiger partial charge on any atom is 0.236 e. The van der Waals surface area contributed by atoms with E-state index in [4.69, 9.17) is 4.74 Å². The van der Waals surface area contributed by atoms with E-state index in [9.17, 15) is 4.79 Å². The first-order valence-electron chi connectivity index (χ1n) is 7.52. The summed E-state index contributed by atoms with van der Waals surface area (Å²) in [6.45, 7) is 11.6. The molecule has 1 heterocycles. The van der Waals surface area contributed by atoms with Crippen LogP contribution in [0.1, 0.15) is 33.6 Å². The highest BCUT2D eigenvalue weighted by Gasteiger charge is 2.18. The van der Waals surface area contributed by atoms with Crippen molar-refractivity contribution in [2.75, 3.05) is 39.3 Å². The number of nitrogens with one attached hydrogen (secondary N) is 2. The Morgan fingerprint density at radius 3 is 2.74 bits per heavy atom. The smallest absolute Gasteiger partial charge is 0.236 e. The van der Waals surface area contributed by atoms with Crippen molar-refractivity contribution >= 4 is 5.91 Å². The maximum atomic E-state index is 11.9. The number of likely N-dealkylation sites (N-methyl/N-ethyl adjacent to an activating group) is 1. The van der Waals surface area contributed by atoms with Crippen molar-refractivity contribution in [1.82, 2.24) is 15.5 Å². The van der Waals surface area contributed by atoms with Crippen LogP contribution < -0.4 is 10.6 Å². The van der Waals surface area contributed by atoms with Crippen LogP contribution in [0, 0.1) is 0 Å². The Bertz CT molecular complexity index is 251. The van der Waals surface area contributed by atoms with Gasteiger partial charge < -0.3 is 20.3 Å². The van der Waals surface area contributed by atoms with Crippen molar-refractivity contribution in [3.8, 4) is 0 Å². The first kappa shape index (κ1) is 16.4. The molecule has 19 heavy (non-hydrogen) atoms. The lowest BCUT2D eigenvalue weighted by molar-refractivity contribution is -0.123. The lowest BCUT2D eigenvalue weighted by Crippen LogP contribution is -2.46. The highest BCUT2D eigenvalue weighted by Crippen LogP contribution is 2.10. The van der Waals surface area contributed by atoms with E-state index in [2.05, 4.69) is 29.4 Å². The Hall–Kier alpha value is -0.650. The molecule has 0 aromatic heterocycles. The molecule has 5 heteroatoms. The molecule has 1 fully saturated rings. The van der Waals surface area contributed by atoms with Gasteiger partial charge in [-0.2, -0.15) is 0 Å². The molecule has 1 aliphatic rings. The molecule has 0 unspecified atom stereocenters. The van der Waals surface area contributed by atoms with E-state index in [1.165, 1.54) is 0 Å². The van der Waals surface area contributed by atoms with Crippen LogP contribution in [0.5, 0.6) is 0 Å². The second kappa shape index (κ2) is 9.28. The molecule has 0 saturated carbocycles. The van der Waals surface area contributed by atoms with Crippen LogP contribution in [0.25, 0.3) is 0 Å². The lowest BCUT2D eigenvalue weighted by atomic mass is 10.2. The fourth-order valence-corrected chi connectivity index (χ4v) is 2.24. The van der Waals surface area contributed by atoms with Gasteiger partial charge in [-0.25, -0.2) is 0 Å². The average molecular weight is 271 g/mol. The third kappa shape index (κ3) is 6.36. The summed E-state index contributed by atoms with van der Waals surface area (Å²) in [5.41, 5.74) is 0. The average Bonchev–Trinajstić information content (AvgIpc) is 2.94. The van der Waals surface area contributed by atoms with Crippen LogP contribution >= 0.6 is 0 Å². The highest BCUT2D eigenvalue weighted by atomic mass is 16.5. The predicted molar refractivity (Wildman–Crippen MR) is 77.2 cm³/mol. The summed E-state index contributed by atoms with van der Waals surface area (Å²) in [5.74, 6) is 0.0649. The van der Waals surface area contributed by atoms with E-state index in [0.717, 1.165) is 45.6 Å². The molecule has 1 rings (SSSR count). The lowest BCUT2D eigenvalue weighted by Gasteiger charge is -2.20. The minimum absolute atomic E-state index is 0.0649. The fraction of sp³-hybridized carbons (Fsp3) is 0.929. The van der Waals surface area contributed by atoms with Crippen LogP contribution in [0.2, 0.25) is 0 Å². The van der Waals surface area contributed by atoms with Gasteiger partial charge in [-0.05, 0) is 32.9 Å². The summed E-state index contributed by atoms with van der Waals surface area (Å²) in [7, 11) is 0. The monoisotopic (exact) mass is 271 g/mol. The zero-order valence-electron chi connectivity index (χ0n) is 12.6. The van der Waals surface area contributed by atoms with Gasteiger partial charge in [0, 0.05) is 26.2 Å². The van der Waals surface area contributed by atoms with Crippen molar-refractivity contribution in [3.05, 3.63) is 0 Å². The van der Waals surface area contributed by atoms with E-state index < -0.39 is 0 Å². The summed E-state index contributed by atoms with van der Waals surface area (Å²) in [4.78, 5) is 14.2. The fourth-order valence-electron chi connectivity index (χ4n) is 2.24. The topological polar surface area (TPSA) is 53.6 Å². The summed E-state index contributed by atoms with van der Waals surface area (Å²) in [6, 6.07) is -0.142. The van der Waals surface area contributed by atoms with Crippen molar-refractivity contribution in [2.24, 2.45) is 0 Å². The van der Waals surface area contributed by atoms with Gasteiger partial charge in [0.1, 0.15) is 0 Å². The Balaban J connectivity index is 2.10. The largest absolute Gasteiger partial charge is 0.376 e. The van der Waals surface area contributed by atoms with E-state index in [1.54, 1.807) is 0 Å². The number of hydrogen-bond donors (Lipinski definition) is 2. The van der Waals surface area contributed by atoms with Gasteiger partial charge in [-0.1, -0.05) is 13.8 Å². The molecule has 0 aromatic carbocycles. The van der Waals surface area contributed by atoms with Gasteiger partial charge in [0.2, 0.25) is 5.91 Å². The van der Waals surface area contributed by atoms with Crippen molar-refractivity contribution in [1.29, 1.82) is 0 Å². The van der Waals surface area contributed by atoms with Gasteiger partial charge in [0.05, 0.1) is 12.1 Å². The molecule has 2 N–H and O–H groups in total. The molecule has 112 valence electrons. The van der Waals surface area contributed by atoms with Gasteiger partial charge in [-0.15, -0.1) is 0 Å².